The summed E-state index contributed by atoms with van der Waals surface area (Å²) in [4.78, 5) is 11.9. The third kappa shape index (κ3) is 1.67. The van der Waals surface area contributed by atoms with Gasteiger partial charge in [0.1, 0.15) is 5.82 Å². The van der Waals surface area contributed by atoms with Crippen molar-refractivity contribution in [2.45, 2.75) is 12.7 Å². The van der Waals surface area contributed by atoms with Gasteiger partial charge in [-0.1, -0.05) is 0 Å². The SMILES string of the molecule is CSCc1nc2nc(C)ccc2[nH]1. The Kier molecular flexibility index (Phi) is 2.22. The van der Waals surface area contributed by atoms with Crippen LogP contribution in [0.2, 0.25) is 0 Å². The molecular weight excluding hydrogens is 182 g/mol. The van der Waals surface area contributed by atoms with Crippen LogP contribution in [0.1, 0.15) is 11.5 Å². The number of rotatable bonds is 2. The second kappa shape index (κ2) is 3.38. The van der Waals surface area contributed by atoms with Crippen molar-refractivity contribution >= 4 is 22.9 Å². The van der Waals surface area contributed by atoms with Gasteiger partial charge in [0.2, 0.25) is 0 Å². The molecule has 3 nitrogen and oxygen atoms in total. The van der Waals surface area contributed by atoms with Gasteiger partial charge in [-0.25, -0.2) is 9.97 Å². The van der Waals surface area contributed by atoms with Crippen LogP contribution in [0.25, 0.3) is 11.2 Å². The Morgan fingerprint density at radius 2 is 2.23 bits per heavy atom. The largest absolute Gasteiger partial charge is 0.340 e. The number of nitrogens with one attached hydrogen (secondary N) is 1. The van der Waals surface area contributed by atoms with E-state index in [1.807, 2.05) is 19.1 Å². The molecule has 4 heteroatoms. The third-order valence-corrected chi connectivity index (χ3v) is 2.38. The predicted molar refractivity (Wildman–Crippen MR) is 55.8 cm³/mol. The van der Waals surface area contributed by atoms with Crippen molar-refractivity contribution < 1.29 is 0 Å². The number of aryl methyl sites for hydroxylation is 1. The van der Waals surface area contributed by atoms with Gasteiger partial charge in [0.05, 0.1) is 11.3 Å². The maximum absolute atomic E-state index is 4.38. The second-order valence-electron chi connectivity index (χ2n) is 2.94. The topological polar surface area (TPSA) is 41.6 Å². The van der Waals surface area contributed by atoms with Gasteiger partial charge in [-0.2, -0.15) is 11.8 Å². The zero-order chi connectivity index (χ0) is 9.26. The maximum atomic E-state index is 4.38. The molecule has 0 saturated heterocycles. The Morgan fingerprint density at radius 1 is 1.38 bits per heavy atom. The molecule has 0 bridgehead atoms. The van der Waals surface area contributed by atoms with Crippen LogP contribution < -0.4 is 0 Å². The van der Waals surface area contributed by atoms with Crippen LogP contribution in [0.15, 0.2) is 12.1 Å². The maximum Gasteiger partial charge on any atom is 0.177 e. The van der Waals surface area contributed by atoms with E-state index in [0.29, 0.717) is 0 Å². The lowest BCUT2D eigenvalue weighted by Gasteiger charge is -1.88. The van der Waals surface area contributed by atoms with Gasteiger partial charge in [0.15, 0.2) is 5.65 Å². The fourth-order valence-corrected chi connectivity index (χ4v) is 1.65. The van der Waals surface area contributed by atoms with Crippen molar-refractivity contribution in [3.05, 3.63) is 23.7 Å². The molecule has 2 rings (SSSR count). The molecule has 0 aliphatic rings. The standard InChI is InChI=1S/C9H11N3S/c1-6-3-4-7-9(10-6)12-8(11-7)5-13-2/h3-4H,5H2,1-2H3,(H,10,11,12). The van der Waals surface area contributed by atoms with Gasteiger partial charge in [-0.05, 0) is 25.3 Å². The quantitative estimate of drug-likeness (QED) is 0.794. The molecule has 0 radical (unpaired) electrons. The Morgan fingerprint density at radius 3 is 3.00 bits per heavy atom. The monoisotopic (exact) mass is 193 g/mol. The summed E-state index contributed by atoms with van der Waals surface area (Å²) in [5, 5.41) is 0. The van der Waals surface area contributed by atoms with Crippen LogP contribution in [0.4, 0.5) is 0 Å². The van der Waals surface area contributed by atoms with Crippen LogP contribution in [-0.4, -0.2) is 21.2 Å². The highest BCUT2D eigenvalue weighted by molar-refractivity contribution is 7.97. The van der Waals surface area contributed by atoms with Crippen LogP contribution >= 0.6 is 11.8 Å². The zero-order valence-electron chi connectivity index (χ0n) is 7.66. The van der Waals surface area contributed by atoms with Crippen molar-refractivity contribution in [2.75, 3.05) is 6.26 Å². The molecule has 2 heterocycles. The summed E-state index contributed by atoms with van der Waals surface area (Å²) in [5.74, 6) is 1.91. The second-order valence-corrected chi connectivity index (χ2v) is 3.81. The third-order valence-electron chi connectivity index (χ3n) is 1.82. The molecule has 0 saturated carbocycles. The number of nitrogens with zero attached hydrogens (tertiary/aromatic N) is 2. The Labute approximate surface area is 81.0 Å². The number of H-pyrrole nitrogens is 1. The molecule has 0 aliphatic carbocycles. The van der Waals surface area contributed by atoms with E-state index in [0.717, 1.165) is 28.4 Å². The minimum atomic E-state index is 0.823. The summed E-state index contributed by atoms with van der Waals surface area (Å²) >= 11 is 1.75. The number of aromatic nitrogens is 3. The van der Waals surface area contributed by atoms with Crippen LogP contribution in [0.3, 0.4) is 0 Å². The molecule has 0 atom stereocenters. The van der Waals surface area contributed by atoms with Gasteiger partial charge in [0, 0.05) is 5.69 Å². The molecule has 0 spiro atoms. The van der Waals surface area contributed by atoms with Crippen LogP contribution in [-0.2, 0) is 5.75 Å². The Bertz CT molecular complexity index is 422. The lowest BCUT2D eigenvalue weighted by Crippen LogP contribution is -1.81. The van der Waals surface area contributed by atoms with Crippen molar-refractivity contribution in [1.29, 1.82) is 0 Å². The number of aromatic amines is 1. The lowest BCUT2D eigenvalue weighted by atomic mass is 10.4. The van der Waals surface area contributed by atoms with Crippen molar-refractivity contribution in [3.8, 4) is 0 Å². The first-order valence-corrected chi connectivity index (χ1v) is 5.50. The summed E-state index contributed by atoms with van der Waals surface area (Å²) < 4.78 is 0. The van der Waals surface area contributed by atoms with Gasteiger partial charge >= 0.3 is 0 Å². The average Bonchev–Trinajstić information content (AvgIpc) is 2.46. The first-order chi connectivity index (χ1) is 6.29. The number of fused-ring (bicyclic) bond motifs is 1. The first-order valence-electron chi connectivity index (χ1n) is 4.11. The van der Waals surface area contributed by atoms with Crippen LogP contribution in [0, 0.1) is 6.92 Å². The fourth-order valence-electron chi connectivity index (χ4n) is 1.24. The molecule has 0 aliphatic heterocycles. The van der Waals surface area contributed by atoms with Gasteiger partial charge in [-0.15, -0.1) is 0 Å². The minimum Gasteiger partial charge on any atom is -0.340 e. The Balaban J connectivity index is 2.49. The summed E-state index contributed by atoms with van der Waals surface area (Å²) in [7, 11) is 0. The summed E-state index contributed by atoms with van der Waals surface area (Å²) in [6.45, 7) is 1.97. The normalized spacial score (nSPS) is 10.9. The van der Waals surface area contributed by atoms with Crippen LogP contribution in [0.5, 0.6) is 0 Å². The van der Waals surface area contributed by atoms with E-state index in [1.165, 1.54) is 0 Å². The highest BCUT2D eigenvalue weighted by Gasteiger charge is 2.02. The highest BCUT2D eigenvalue weighted by Crippen LogP contribution is 2.12. The van der Waals surface area contributed by atoms with E-state index in [2.05, 4.69) is 21.2 Å². The van der Waals surface area contributed by atoms with Gasteiger partial charge < -0.3 is 4.98 Å². The molecule has 2 aromatic rings. The summed E-state index contributed by atoms with van der Waals surface area (Å²) in [5.41, 5.74) is 2.86. The molecule has 0 unspecified atom stereocenters. The fraction of sp³-hybridized carbons (Fsp3) is 0.333. The van der Waals surface area contributed by atoms with Gasteiger partial charge in [0.25, 0.3) is 0 Å². The molecule has 1 N–H and O–H groups in total. The number of hydrogen-bond acceptors (Lipinski definition) is 3. The molecule has 68 valence electrons. The van der Waals surface area contributed by atoms with E-state index >= 15 is 0 Å². The number of pyridine rings is 1. The van der Waals surface area contributed by atoms with E-state index < -0.39 is 0 Å². The molecule has 0 amide bonds. The van der Waals surface area contributed by atoms with Gasteiger partial charge in [-0.3, -0.25) is 0 Å². The smallest absolute Gasteiger partial charge is 0.177 e. The summed E-state index contributed by atoms with van der Waals surface area (Å²) in [6, 6.07) is 4.01. The average molecular weight is 193 g/mol. The first kappa shape index (κ1) is 8.56. The number of hydrogen-bond donors (Lipinski definition) is 1. The van der Waals surface area contributed by atoms with Crippen molar-refractivity contribution in [3.63, 3.8) is 0 Å². The number of imidazole rings is 1. The molecule has 0 aromatic carbocycles. The van der Waals surface area contributed by atoms with Crippen molar-refractivity contribution in [2.24, 2.45) is 0 Å². The Hall–Kier alpha value is -1.03. The molecule has 2 aromatic heterocycles. The van der Waals surface area contributed by atoms with E-state index in [-0.39, 0.29) is 0 Å². The van der Waals surface area contributed by atoms with E-state index in [9.17, 15) is 0 Å². The number of thioether (sulfide) groups is 1. The van der Waals surface area contributed by atoms with E-state index in [4.69, 9.17) is 0 Å². The summed E-state index contributed by atoms with van der Waals surface area (Å²) in [6.07, 6.45) is 2.06. The van der Waals surface area contributed by atoms with E-state index in [1.54, 1.807) is 11.8 Å². The lowest BCUT2D eigenvalue weighted by molar-refractivity contribution is 1.13. The molecular formula is C9H11N3S. The minimum absolute atomic E-state index is 0.823. The predicted octanol–water partition coefficient (Wildman–Crippen LogP) is 2.13. The highest BCUT2D eigenvalue weighted by atomic mass is 32.2. The molecule has 13 heavy (non-hydrogen) atoms. The zero-order valence-corrected chi connectivity index (χ0v) is 8.48. The van der Waals surface area contributed by atoms with Crippen molar-refractivity contribution in [1.82, 2.24) is 15.0 Å². The molecule has 0 fully saturated rings.